The van der Waals surface area contributed by atoms with E-state index in [2.05, 4.69) is 10.3 Å². The molecule has 1 heterocycles. The fourth-order valence-electron chi connectivity index (χ4n) is 1.36. The van der Waals surface area contributed by atoms with Crippen LogP contribution in [-0.2, 0) is 4.79 Å². The number of nitrogens with zero attached hydrogens (tertiary/aromatic N) is 1. The Hall–Kier alpha value is -1.60. The lowest BCUT2D eigenvalue weighted by atomic mass is 10.3. The minimum Gasteiger partial charge on any atom is -0.398 e. The molecule has 2 rings (SSSR count). The van der Waals surface area contributed by atoms with Crippen molar-refractivity contribution in [3.05, 3.63) is 35.1 Å². The second-order valence-corrected chi connectivity index (χ2v) is 5.69. The van der Waals surface area contributed by atoms with Gasteiger partial charge in [-0.1, -0.05) is 0 Å². The summed E-state index contributed by atoms with van der Waals surface area (Å²) in [4.78, 5) is 16.5. The Bertz CT molecular complexity index is 600. The molecule has 0 atom stereocenters. The van der Waals surface area contributed by atoms with Crippen LogP contribution < -0.4 is 11.1 Å². The van der Waals surface area contributed by atoms with Crippen molar-refractivity contribution in [1.82, 2.24) is 4.98 Å². The van der Waals surface area contributed by atoms with Crippen molar-refractivity contribution in [3.8, 4) is 0 Å². The monoisotopic (exact) mass is 297 g/mol. The number of amides is 1. The molecule has 7 heteroatoms. The summed E-state index contributed by atoms with van der Waals surface area (Å²) >= 11 is 2.64. The number of benzene rings is 1. The van der Waals surface area contributed by atoms with Gasteiger partial charge in [-0.3, -0.25) is 4.79 Å². The number of thiazole rings is 1. The zero-order valence-electron chi connectivity index (χ0n) is 10.1. The topological polar surface area (TPSA) is 68.0 Å². The number of nitrogens with one attached hydrogen (secondary N) is 1. The SMILES string of the molecule is Cc1csc(NC(=O)CSc2ccc(F)cc2N)n1. The number of hydrogen-bond acceptors (Lipinski definition) is 5. The number of halogens is 1. The first-order valence-corrected chi connectivity index (χ1v) is 7.31. The molecule has 0 saturated carbocycles. The Balaban J connectivity index is 1.89. The van der Waals surface area contributed by atoms with E-state index < -0.39 is 0 Å². The number of aromatic nitrogens is 1. The summed E-state index contributed by atoms with van der Waals surface area (Å²) in [6, 6.07) is 4.13. The van der Waals surface area contributed by atoms with E-state index in [-0.39, 0.29) is 17.5 Å². The van der Waals surface area contributed by atoms with E-state index in [0.29, 0.717) is 15.7 Å². The zero-order valence-corrected chi connectivity index (χ0v) is 11.8. The summed E-state index contributed by atoms with van der Waals surface area (Å²) in [6.45, 7) is 1.86. The molecule has 0 aliphatic heterocycles. The minimum atomic E-state index is -0.385. The van der Waals surface area contributed by atoms with E-state index in [4.69, 9.17) is 5.73 Å². The van der Waals surface area contributed by atoms with Gasteiger partial charge in [-0.2, -0.15) is 0 Å². The molecule has 19 heavy (non-hydrogen) atoms. The fraction of sp³-hybridized carbons (Fsp3) is 0.167. The predicted molar refractivity (Wildman–Crippen MR) is 77.0 cm³/mol. The molecule has 1 aromatic heterocycles. The van der Waals surface area contributed by atoms with Crippen LogP contribution in [-0.4, -0.2) is 16.6 Å². The van der Waals surface area contributed by atoms with E-state index in [1.807, 2.05) is 12.3 Å². The summed E-state index contributed by atoms with van der Waals surface area (Å²) < 4.78 is 12.9. The molecule has 0 spiro atoms. The lowest BCUT2D eigenvalue weighted by Gasteiger charge is -2.05. The average molecular weight is 297 g/mol. The number of anilines is 2. The minimum absolute atomic E-state index is 0.164. The van der Waals surface area contributed by atoms with Crippen molar-refractivity contribution in [2.45, 2.75) is 11.8 Å². The average Bonchev–Trinajstić information content (AvgIpc) is 2.73. The van der Waals surface area contributed by atoms with E-state index in [0.717, 1.165) is 5.69 Å². The van der Waals surface area contributed by atoms with Gasteiger partial charge in [0.2, 0.25) is 5.91 Å². The Morgan fingerprint density at radius 3 is 3.00 bits per heavy atom. The second kappa shape index (κ2) is 6.03. The molecule has 4 nitrogen and oxygen atoms in total. The van der Waals surface area contributed by atoms with Crippen molar-refractivity contribution in [3.63, 3.8) is 0 Å². The molecule has 0 aliphatic rings. The van der Waals surface area contributed by atoms with E-state index in [9.17, 15) is 9.18 Å². The smallest absolute Gasteiger partial charge is 0.236 e. The van der Waals surface area contributed by atoms with E-state index >= 15 is 0 Å². The number of nitrogen functional groups attached to an aromatic ring is 1. The van der Waals surface area contributed by atoms with Gasteiger partial charge in [-0.15, -0.1) is 23.1 Å². The lowest BCUT2D eigenvalue weighted by molar-refractivity contribution is -0.113. The van der Waals surface area contributed by atoms with Gasteiger partial charge in [0.15, 0.2) is 5.13 Å². The number of rotatable bonds is 4. The van der Waals surface area contributed by atoms with Gasteiger partial charge in [0.25, 0.3) is 0 Å². The van der Waals surface area contributed by atoms with Gasteiger partial charge in [0.05, 0.1) is 11.4 Å². The van der Waals surface area contributed by atoms with Gasteiger partial charge in [-0.25, -0.2) is 9.37 Å². The summed E-state index contributed by atoms with van der Waals surface area (Å²) in [5.41, 5.74) is 6.87. The van der Waals surface area contributed by atoms with Crippen LogP contribution in [0, 0.1) is 12.7 Å². The van der Waals surface area contributed by atoms with Crippen molar-refractivity contribution < 1.29 is 9.18 Å². The highest BCUT2D eigenvalue weighted by Gasteiger charge is 2.08. The Morgan fingerprint density at radius 2 is 2.37 bits per heavy atom. The quantitative estimate of drug-likeness (QED) is 0.672. The Morgan fingerprint density at radius 1 is 1.58 bits per heavy atom. The summed E-state index contributed by atoms with van der Waals surface area (Å²) in [5.74, 6) is -0.346. The molecule has 2 aromatic rings. The first-order valence-electron chi connectivity index (χ1n) is 5.44. The molecule has 0 bridgehead atoms. The highest BCUT2D eigenvalue weighted by Crippen LogP contribution is 2.25. The normalized spacial score (nSPS) is 10.4. The molecule has 3 N–H and O–H groups in total. The van der Waals surface area contributed by atoms with Crippen molar-refractivity contribution >= 4 is 39.8 Å². The number of nitrogens with two attached hydrogens (primary N) is 1. The van der Waals surface area contributed by atoms with Gasteiger partial charge < -0.3 is 11.1 Å². The lowest BCUT2D eigenvalue weighted by Crippen LogP contribution is -2.13. The summed E-state index contributed by atoms with van der Waals surface area (Å²) in [5, 5.41) is 5.14. The van der Waals surface area contributed by atoms with E-state index in [1.54, 1.807) is 6.07 Å². The molecule has 0 radical (unpaired) electrons. The highest BCUT2D eigenvalue weighted by atomic mass is 32.2. The number of carbonyl (C=O) groups excluding carboxylic acids is 1. The maximum atomic E-state index is 12.9. The molecule has 1 amide bonds. The van der Waals surface area contributed by atoms with Crippen LogP contribution in [0.1, 0.15) is 5.69 Å². The van der Waals surface area contributed by atoms with Crippen LogP contribution in [0.5, 0.6) is 0 Å². The summed E-state index contributed by atoms with van der Waals surface area (Å²) in [7, 11) is 0. The largest absolute Gasteiger partial charge is 0.398 e. The predicted octanol–water partition coefficient (Wildman–Crippen LogP) is 2.90. The first-order chi connectivity index (χ1) is 9.04. The van der Waals surface area contributed by atoms with Gasteiger partial charge >= 0.3 is 0 Å². The number of hydrogen-bond donors (Lipinski definition) is 2. The molecule has 0 fully saturated rings. The van der Waals surface area contributed by atoms with Crippen LogP contribution in [0.4, 0.5) is 15.2 Å². The van der Waals surface area contributed by atoms with Crippen molar-refractivity contribution in [1.29, 1.82) is 0 Å². The molecular weight excluding hydrogens is 285 g/mol. The van der Waals surface area contributed by atoms with Crippen LogP contribution in [0.3, 0.4) is 0 Å². The standard InChI is InChI=1S/C12H12FN3OS2/c1-7-5-19-12(15-7)16-11(17)6-18-10-3-2-8(13)4-9(10)14/h2-5H,6,14H2,1H3,(H,15,16,17). The molecule has 0 unspecified atom stereocenters. The van der Waals surface area contributed by atoms with Gasteiger partial charge in [0.1, 0.15) is 5.82 Å². The Labute approximate surface area is 118 Å². The number of thioether (sulfide) groups is 1. The fourth-order valence-corrected chi connectivity index (χ4v) is 2.81. The third-order valence-corrected chi connectivity index (χ3v) is 4.16. The van der Waals surface area contributed by atoms with Crippen LogP contribution in [0.25, 0.3) is 0 Å². The van der Waals surface area contributed by atoms with Gasteiger partial charge in [0, 0.05) is 16.0 Å². The molecular formula is C12H12FN3OS2. The summed E-state index contributed by atoms with van der Waals surface area (Å²) in [6.07, 6.45) is 0. The molecule has 1 aromatic carbocycles. The van der Waals surface area contributed by atoms with Crippen molar-refractivity contribution in [2.24, 2.45) is 0 Å². The first kappa shape index (κ1) is 13.8. The third kappa shape index (κ3) is 3.93. The van der Waals surface area contributed by atoms with Crippen LogP contribution >= 0.6 is 23.1 Å². The zero-order chi connectivity index (χ0) is 13.8. The Kier molecular flexibility index (Phi) is 4.39. The van der Waals surface area contributed by atoms with E-state index in [1.165, 1.54) is 35.2 Å². The molecule has 100 valence electrons. The number of carbonyl (C=O) groups is 1. The molecule has 0 saturated heterocycles. The third-order valence-electron chi connectivity index (χ3n) is 2.20. The maximum absolute atomic E-state index is 12.9. The highest BCUT2D eigenvalue weighted by molar-refractivity contribution is 8.00. The van der Waals surface area contributed by atoms with Crippen LogP contribution in [0.2, 0.25) is 0 Å². The second-order valence-electron chi connectivity index (χ2n) is 3.81. The van der Waals surface area contributed by atoms with Crippen LogP contribution in [0.15, 0.2) is 28.5 Å². The van der Waals surface area contributed by atoms with Crippen molar-refractivity contribution in [2.75, 3.05) is 16.8 Å². The maximum Gasteiger partial charge on any atom is 0.236 e. The molecule has 0 aliphatic carbocycles. The number of aryl methyl sites for hydroxylation is 1. The van der Waals surface area contributed by atoms with Gasteiger partial charge in [-0.05, 0) is 25.1 Å².